The lowest BCUT2D eigenvalue weighted by molar-refractivity contribution is 0.644. The fraction of sp³-hybridized carbons (Fsp3) is 0.250. The Morgan fingerprint density at radius 1 is 1.13 bits per heavy atom. The quantitative estimate of drug-likeness (QED) is 0.681. The van der Waals surface area contributed by atoms with E-state index in [0.29, 0.717) is 0 Å². The van der Waals surface area contributed by atoms with E-state index in [0.717, 1.165) is 13.1 Å². The average molecular weight is 201 g/mol. The highest BCUT2D eigenvalue weighted by atomic mass is 14.9. The first-order valence-corrected chi connectivity index (χ1v) is 5.17. The number of aromatic amines is 1. The molecule has 1 aliphatic heterocycles. The van der Waals surface area contributed by atoms with Crippen LogP contribution in [-0.2, 0) is 13.0 Å². The van der Waals surface area contributed by atoms with Gasteiger partial charge in [-0.05, 0) is 24.1 Å². The van der Waals surface area contributed by atoms with Crippen LogP contribution in [0.5, 0.6) is 0 Å². The van der Waals surface area contributed by atoms with Crippen LogP contribution in [0.4, 0.5) is 0 Å². The van der Waals surface area contributed by atoms with E-state index < -0.39 is 0 Å². The maximum atomic E-state index is 3.67. The van der Waals surface area contributed by atoms with E-state index in [-0.39, 0.29) is 0 Å². The van der Waals surface area contributed by atoms with Crippen LogP contribution < -0.4 is 5.32 Å². The molecule has 0 spiro atoms. The predicted molar refractivity (Wildman–Crippen MR) is 60.4 cm³/mol. The molecule has 2 N–H and O–H groups in total. The van der Waals surface area contributed by atoms with Crippen LogP contribution in [0.3, 0.4) is 0 Å². The summed E-state index contributed by atoms with van der Waals surface area (Å²) < 4.78 is 0. The Bertz CT molecular complexity index is 339. The summed E-state index contributed by atoms with van der Waals surface area (Å²) in [5.41, 5.74) is 2.98. The van der Waals surface area contributed by atoms with Gasteiger partial charge in [0.1, 0.15) is 0 Å². The van der Waals surface area contributed by atoms with Crippen LogP contribution in [0, 0.1) is 0 Å². The summed E-state index contributed by atoms with van der Waals surface area (Å²) in [5, 5.41) is 3.34. The monoisotopic (exact) mass is 201 g/mol. The molecule has 0 bridgehead atoms. The van der Waals surface area contributed by atoms with Gasteiger partial charge >= 0.3 is 0 Å². The molecule has 15 heavy (non-hydrogen) atoms. The van der Waals surface area contributed by atoms with Crippen molar-refractivity contribution in [3.63, 3.8) is 0 Å². The summed E-state index contributed by atoms with van der Waals surface area (Å²) in [6.07, 6.45) is 6.27. The number of benzene rings is 1. The van der Waals surface area contributed by atoms with Crippen LogP contribution in [-0.4, -0.2) is 16.5 Å². The summed E-state index contributed by atoms with van der Waals surface area (Å²) >= 11 is 0. The van der Waals surface area contributed by atoms with E-state index in [1.54, 1.807) is 18.7 Å². The number of fused-ring (bicyclic) bond motifs is 1. The third kappa shape index (κ3) is 2.92. The largest absolute Gasteiger partial charge is 0.351 e. The first kappa shape index (κ1) is 9.93. The van der Waals surface area contributed by atoms with Gasteiger partial charge in [-0.1, -0.05) is 24.3 Å². The maximum Gasteiger partial charge on any atom is 0.0919 e. The summed E-state index contributed by atoms with van der Waals surface area (Å²) in [7, 11) is 0. The molecule has 0 radical (unpaired) electrons. The fourth-order valence-corrected chi connectivity index (χ4v) is 1.64. The molecular weight excluding hydrogens is 186 g/mol. The minimum atomic E-state index is 1.05. The molecule has 78 valence electrons. The Morgan fingerprint density at radius 3 is 2.60 bits per heavy atom. The highest BCUT2D eigenvalue weighted by molar-refractivity contribution is 5.28. The number of nitrogens with zero attached hydrogens (tertiary/aromatic N) is 1. The van der Waals surface area contributed by atoms with Crippen LogP contribution in [0.25, 0.3) is 0 Å². The molecule has 2 aromatic rings. The number of rotatable bonds is 0. The van der Waals surface area contributed by atoms with Crippen LogP contribution in [0.2, 0.25) is 0 Å². The van der Waals surface area contributed by atoms with E-state index in [1.165, 1.54) is 17.5 Å². The second kappa shape index (κ2) is 5.32. The van der Waals surface area contributed by atoms with Crippen molar-refractivity contribution in [1.29, 1.82) is 0 Å². The second-order valence-electron chi connectivity index (χ2n) is 3.46. The molecule has 1 aromatic carbocycles. The first-order valence-electron chi connectivity index (χ1n) is 5.17. The standard InChI is InChI=1S/C9H11N.C3H4N2/c1-2-4-9-7-10-6-5-8(9)3-1;1-2-5-3-4-1/h1-4,10H,5-7H2;1-3H,(H,4,5). The smallest absolute Gasteiger partial charge is 0.0919 e. The lowest BCUT2D eigenvalue weighted by Crippen LogP contribution is -2.23. The third-order valence-corrected chi connectivity index (χ3v) is 2.41. The van der Waals surface area contributed by atoms with Crippen LogP contribution in [0.15, 0.2) is 43.0 Å². The van der Waals surface area contributed by atoms with E-state index in [2.05, 4.69) is 39.6 Å². The first-order chi connectivity index (χ1) is 7.47. The van der Waals surface area contributed by atoms with Crippen molar-refractivity contribution in [2.45, 2.75) is 13.0 Å². The summed E-state index contributed by atoms with van der Waals surface area (Å²) in [6, 6.07) is 8.63. The summed E-state index contributed by atoms with van der Waals surface area (Å²) in [4.78, 5) is 6.42. The zero-order valence-corrected chi connectivity index (χ0v) is 8.61. The Balaban J connectivity index is 0.000000144. The van der Waals surface area contributed by atoms with Crippen molar-refractivity contribution < 1.29 is 0 Å². The number of nitrogens with one attached hydrogen (secondary N) is 2. The minimum Gasteiger partial charge on any atom is -0.351 e. The molecule has 2 heterocycles. The molecule has 3 heteroatoms. The van der Waals surface area contributed by atoms with Gasteiger partial charge in [-0.15, -0.1) is 0 Å². The van der Waals surface area contributed by atoms with Gasteiger partial charge in [0.2, 0.25) is 0 Å². The van der Waals surface area contributed by atoms with E-state index >= 15 is 0 Å². The van der Waals surface area contributed by atoms with Gasteiger partial charge in [0.25, 0.3) is 0 Å². The highest BCUT2D eigenvalue weighted by Crippen LogP contribution is 2.11. The lowest BCUT2D eigenvalue weighted by atomic mass is 10.0. The lowest BCUT2D eigenvalue weighted by Gasteiger charge is -2.15. The van der Waals surface area contributed by atoms with Gasteiger partial charge < -0.3 is 10.3 Å². The normalized spacial score (nSPS) is 13.6. The van der Waals surface area contributed by atoms with Crippen molar-refractivity contribution in [1.82, 2.24) is 15.3 Å². The third-order valence-electron chi connectivity index (χ3n) is 2.41. The van der Waals surface area contributed by atoms with Crippen molar-refractivity contribution in [3.8, 4) is 0 Å². The summed E-state index contributed by atoms with van der Waals surface area (Å²) in [6.45, 7) is 2.19. The molecule has 3 rings (SSSR count). The molecule has 3 nitrogen and oxygen atoms in total. The van der Waals surface area contributed by atoms with E-state index in [1.807, 2.05) is 0 Å². The van der Waals surface area contributed by atoms with Gasteiger partial charge in [0.15, 0.2) is 0 Å². The maximum absolute atomic E-state index is 3.67. The number of hydrogen-bond acceptors (Lipinski definition) is 2. The van der Waals surface area contributed by atoms with Gasteiger partial charge in [-0.3, -0.25) is 0 Å². The molecule has 0 aliphatic carbocycles. The fourth-order valence-electron chi connectivity index (χ4n) is 1.64. The van der Waals surface area contributed by atoms with Gasteiger partial charge in [0.05, 0.1) is 6.33 Å². The Hall–Kier alpha value is -1.61. The molecule has 0 amide bonds. The van der Waals surface area contributed by atoms with E-state index in [4.69, 9.17) is 0 Å². The SMILES string of the molecule is c1c[nH]cn1.c1ccc2c(c1)CCNC2. The van der Waals surface area contributed by atoms with Crippen molar-refractivity contribution in [3.05, 3.63) is 54.1 Å². The topological polar surface area (TPSA) is 40.7 Å². The van der Waals surface area contributed by atoms with Crippen molar-refractivity contribution >= 4 is 0 Å². The molecule has 0 fully saturated rings. The molecule has 1 aromatic heterocycles. The number of imidazole rings is 1. The second-order valence-corrected chi connectivity index (χ2v) is 3.46. The van der Waals surface area contributed by atoms with Crippen LogP contribution >= 0.6 is 0 Å². The Kier molecular flexibility index (Phi) is 3.52. The van der Waals surface area contributed by atoms with Gasteiger partial charge in [0, 0.05) is 18.9 Å². The molecule has 1 aliphatic rings. The Labute approximate surface area is 89.6 Å². The number of aromatic nitrogens is 2. The average Bonchev–Trinajstić information content (AvgIpc) is 2.88. The minimum absolute atomic E-state index is 1.05. The molecule has 0 saturated heterocycles. The summed E-state index contributed by atoms with van der Waals surface area (Å²) in [5.74, 6) is 0. The molecule has 0 atom stereocenters. The van der Waals surface area contributed by atoms with E-state index in [9.17, 15) is 0 Å². The zero-order chi connectivity index (χ0) is 10.3. The molecular formula is C12H15N3. The predicted octanol–water partition coefficient (Wildman–Crippen LogP) is 1.74. The number of H-pyrrole nitrogens is 1. The van der Waals surface area contributed by atoms with Gasteiger partial charge in [-0.2, -0.15) is 0 Å². The molecule has 0 unspecified atom stereocenters. The van der Waals surface area contributed by atoms with Gasteiger partial charge in [-0.25, -0.2) is 4.98 Å². The molecule has 0 saturated carbocycles. The Morgan fingerprint density at radius 2 is 2.00 bits per heavy atom. The van der Waals surface area contributed by atoms with Crippen molar-refractivity contribution in [2.24, 2.45) is 0 Å². The van der Waals surface area contributed by atoms with Crippen LogP contribution in [0.1, 0.15) is 11.1 Å². The zero-order valence-electron chi connectivity index (χ0n) is 8.61. The highest BCUT2D eigenvalue weighted by Gasteiger charge is 2.05. The van der Waals surface area contributed by atoms with Crippen molar-refractivity contribution in [2.75, 3.05) is 6.54 Å². The number of hydrogen-bond donors (Lipinski definition) is 2.